The highest BCUT2D eigenvalue weighted by atomic mass is 16.6. The highest BCUT2D eigenvalue weighted by Crippen LogP contribution is 2.48. The number of piperidine rings is 1. The minimum atomic E-state index is -0.775. The molecule has 6 heteroatoms. The molecular formula is C26H27NO5. The first-order valence-corrected chi connectivity index (χ1v) is 11.2. The molecule has 2 atom stereocenters. The van der Waals surface area contributed by atoms with Crippen LogP contribution in [-0.2, 0) is 4.74 Å². The second-order valence-corrected chi connectivity index (χ2v) is 9.09. The van der Waals surface area contributed by atoms with Gasteiger partial charge in [-0.15, -0.1) is 0 Å². The van der Waals surface area contributed by atoms with Crippen molar-refractivity contribution in [2.45, 2.75) is 50.9 Å². The number of carbonyl (C=O) groups is 1. The zero-order valence-electron chi connectivity index (χ0n) is 18.4. The summed E-state index contributed by atoms with van der Waals surface area (Å²) in [4.78, 5) is 27.6. The smallest absolute Gasteiger partial charge is 0.338 e. The van der Waals surface area contributed by atoms with E-state index in [1.54, 1.807) is 18.2 Å². The molecule has 32 heavy (non-hydrogen) atoms. The number of carbonyl (C=O) groups excluding carboxylic acids is 1. The van der Waals surface area contributed by atoms with Gasteiger partial charge in [0.25, 0.3) is 0 Å². The molecule has 0 saturated carbocycles. The van der Waals surface area contributed by atoms with Crippen molar-refractivity contribution in [3.05, 3.63) is 76.1 Å². The minimum Gasteiger partial charge on any atom is -0.483 e. The van der Waals surface area contributed by atoms with Crippen molar-refractivity contribution >= 4 is 16.9 Å². The molecule has 166 valence electrons. The van der Waals surface area contributed by atoms with Crippen molar-refractivity contribution in [3.63, 3.8) is 0 Å². The predicted octanol–water partition coefficient (Wildman–Crippen LogP) is 4.72. The summed E-state index contributed by atoms with van der Waals surface area (Å²) in [5, 5.41) is 0.821. The largest absolute Gasteiger partial charge is 0.483 e. The number of hydrogen-bond donors (Lipinski definition) is 0. The fourth-order valence-electron chi connectivity index (χ4n) is 4.91. The Hall–Kier alpha value is -3.12. The van der Waals surface area contributed by atoms with E-state index in [4.69, 9.17) is 13.9 Å². The third-order valence-electron chi connectivity index (χ3n) is 6.46. The summed E-state index contributed by atoms with van der Waals surface area (Å²) in [6, 6.07) is 15.7. The van der Waals surface area contributed by atoms with Gasteiger partial charge in [-0.05, 0) is 70.1 Å². The number of hydrogen-bond acceptors (Lipinski definition) is 6. The van der Waals surface area contributed by atoms with Crippen LogP contribution in [0.1, 0.15) is 55.1 Å². The maximum atomic E-state index is 13.1. The van der Waals surface area contributed by atoms with Crippen LogP contribution < -0.4 is 10.4 Å². The van der Waals surface area contributed by atoms with Crippen molar-refractivity contribution < 1.29 is 18.7 Å². The number of fused-ring (bicyclic) bond motifs is 3. The lowest BCUT2D eigenvalue weighted by Gasteiger charge is -2.48. The number of esters is 1. The molecule has 0 radical (unpaired) electrons. The maximum absolute atomic E-state index is 13.1. The zero-order chi connectivity index (χ0) is 22.3. The molecule has 0 aliphatic carbocycles. The van der Waals surface area contributed by atoms with Crippen LogP contribution in [0, 0.1) is 0 Å². The molecule has 0 unspecified atom stereocenters. The Kier molecular flexibility index (Phi) is 5.25. The van der Waals surface area contributed by atoms with Gasteiger partial charge in [-0.2, -0.15) is 0 Å². The first-order chi connectivity index (χ1) is 15.4. The summed E-state index contributed by atoms with van der Waals surface area (Å²) < 4.78 is 18.2. The quantitative estimate of drug-likeness (QED) is 0.440. The summed E-state index contributed by atoms with van der Waals surface area (Å²) in [5.41, 5.74) is 0.596. The Bertz CT molecular complexity index is 1190. The van der Waals surface area contributed by atoms with Crippen molar-refractivity contribution in [1.29, 1.82) is 0 Å². The molecule has 5 rings (SSSR count). The molecule has 0 N–H and O–H groups in total. The van der Waals surface area contributed by atoms with Gasteiger partial charge in [0.05, 0.1) is 17.2 Å². The minimum absolute atomic E-state index is 0.282. The van der Waals surface area contributed by atoms with Gasteiger partial charge in [-0.1, -0.05) is 24.6 Å². The van der Waals surface area contributed by atoms with Gasteiger partial charge < -0.3 is 13.9 Å². The molecule has 3 heterocycles. The second-order valence-electron chi connectivity index (χ2n) is 9.09. The summed E-state index contributed by atoms with van der Waals surface area (Å²) in [5.74, 6) is 0.277. The van der Waals surface area contributed by atoms with Gasteiger partial charge in [-0.25, -0.2) is 9.59 Å². The third kappa shape index (κ3) is 3.69. The Morgan fingerprint density at radius 1 is 1.00 bits per heavy atom. The normalized spacial score (nSPS) is 22.7. The lowest BCUT2D eigenvalue weighted by molar-refractivity contribution is -0.105. The van der Waals surface area contributed by atoms with Gasteiger partial charge in [0.1, 0.15) is 16.9 Å². The first-order valence-electron chi connectivity index (χ1n) is 11.2. The van der Waals surface area contributed by atoms with Gasteiger partial charge in [-0.3, -0.25) is 4.90 Å². The molecule has 0 bridgehead atoms. The number of benzene rings is 2. The summed E-state index contributed by atoms with van der Waals surface area (Å²) >= 11 is 0. The van der Waals surface area contributed by atoms with Gasteiger partial charge in [0.15, 0.2) is 6.10 Å². The molecule has 1 aromatic heterocycles. The molecule has 2 aliphatic rings. The Balaban J connectivity index is 1.66. The average molecular weight is 434 g/mol. The van der Waals surface area contributed by atoms with Crippen LogP contribution in [0.2, 0.25) is 0 Å². The molecule has 2 aliphatic heterocycles. The summed E-state index contributed by atoms with van der Waals surface area (Å²) in [6.45, 7) is 5.66. The van der Waals surface area contributed by atoms with Crippen LogP contribution in [0.4, 0.5) is 0 Å². The average Bonchev–Trinajstić information content (AvgIpc) is 2.80. The SMILES string of the molecule is CC1(C)Oc2ccc3ccc(=O)oc3c2[C@H](N2CCCCC2)[C@H]1OC(=O)c1ccccc1. The van der Waals surface area contributed by atoms with Crippen LogP contribution in [0.15, 0.2) is 63.8 Å². The van der Waals surface area contributed by atoms with Gasteiger partial charge in [0, 0.05) is 11.5 Å². The summed E-state index contributed by atoms with van der Waals surface area (Å²) in [6.07, 6.45) is 2.73. The monoisotopic (exact) mass is 433 g/mol. The standard InChI is InChI=1S/C26H27NO5/c1-26(2)24(31-25(29)18-9-5-3-6-10-18)22(27-15-7-4-8-16-27)21-19(32-26)13-11-17-12-14-20(28)30-23(17)21/h3,5-6,9-14,22,24H,4,7-8,15-16H2,1-2H3/t22-,24+/m0/s1. The fourth-order valence-corrected chi connectivity index (χ4v) is 4.91. The van der Waals surface area contributed by atoms with E-state index in [2.05, 4.69) is 4.90 Å². The molecule has 1 saturated heterocycles. The van der Waals surface area contributed by atoms with E-state index in [0.29, 0.717) is 16.9 Å². The van der Waals surface area contributed by atoms with Gasteiger partial charge in [0.2, 0.25) is 0 Å². The van der Waals surface area contributed by atoms with E-state index in [-0.39, 0.29) is 12.0 Å². The predicted molar refractivity (Wildman–Crippen MR) is 121 cm³/mol. The molecule has 0 spiro atoms. The van der Waals surface area contributed by atoms with Crippen LogP contribution in [-0.4, -0.2) is 35.7 Å². The van der Waals surface area contributed by atoms with Crippen molar-refractivity contribution in [3.8, 4) is 5.75 Å². The van der Waals surface area contributed by atoms with Crippen LogP contribution >= 0.6 is 0 Å². The molecule has 1 fully saturated rings. The highest BCUT2D eigenvalue weighted by molar-refractivity contribution is 5.89. The second kappa shape index (κ2) is 8.10. The maximum Gasteiger partial charge on any atom is 0.338 e. The van der Waals surface area contributed by atoms with Crippen LogP contribution in [0.3, 0.4) is 0 Å². The lowest BCUT2D eigenvalue weighted by Crippen LogP contribution is -2.56. The topological polar surface area (TPSA) is 69.0 Å². The zero-order valence-corrected chi connectivity index (χ0v) is 18.4. The molecule has 3 aromatic rings. The number of nitrogens with zero attached hydrogens (tertiary/aromatic N) is 1. The molecule has 6 nitrogen and oxygen atoms in total. The Morgan fingerprint density at radius 3 is 2.47 bits per heavy atom. The third-order valence-corrected chi connectivity index (χ3v) is 6.46. The number of ether oxygens (including phenoxy) is 2. The summed E-state index contributed by atoms with van der Waals surface area (Å²) in [7, 11) is 0. The first kappa shape index (κ1) is 20.8. The number of rotatable bonds is 3. The van der Waals surface area contributed by atoms with Crippen molar-refractivity contribution in [2.75, 3.05) is 13.1 Å². The number of likely N-dealkylation sites (tertiary alicyclic amines) is 1. The van der Waals surface area contributed by atoms with Gasteiger partial charge >= 0.3 is 11.6 Å². The highest BCUT2D eigenvalue weighted by Gasteiger charge is 2.50. The van der Waals surface area contributed by atoms with Crippen molar-refractivity contribution in [1.82, 2.24) is 4.90 Å². The molecule has 2 aromatic carbocycles. The van der Waals surface area contributed by atoms with E-state index in [1.165, 1.54) is 12.5 Å². The van der Waals surface area contributed by atoms with E-state index in [9.17, 15) is 9.59 Å². The molecular weight excluding hydrogens is 406 g/mol. The van der Waals surface area contributed by atoms with E-state index >= 15 is 0 Å². The Labute approximate surface area is 186 Å². The van der Waals surface area contributed by atoms with Crippen LogP contribution in [0.5, 0.6) is 5.75 Å². The molecule has 0 amide bonds. The van der Waals surface area contributed by atoms with E-state index in [0.717, 1.165) is 36.9 Å². The lowest BCUT2D eigenvalue weighted by atomic mass is 9.83. The van der Waals surface area contributed by atoms with Crippen LogP contribution in [0.25, 0.3) is 11.0 Å². The fraction of sp³-hybridized carbons (Fsp3) is 0.385. The Morgan fingerprint density at radius 2 is 1.72 bits per heavy atom. The van der Waals surface area contributed by atoms with E-state index < -0.39 is 17.3 Å². The van der Waals surface area contributed by atoms with E-state index in [1.807, 2.05) is 44.2 Å². The van der Waals surface area contributed by atoms with Crippen molar-refractivity contribution in [2.24, 2.45) is 0 Å².